The van der Waals surface area contributed by atoms with Crippen molar-refractivity contribution in [3.05, 3.63) is 82.3 Å². The van der Waals surface area contributed by atoms with Crippen LogP contribution in [0.2, 0.25) is 5.02 Å². The summed E-state index contributed by atoms with van der Waals surface area (Å²) < 4.78 is 5.87. The van der Waals surface area contributed by atoms with Gasteiger partial charge < -0.3 is 15.4 Å². The van der Waals surface area contributed by atoms with Crippen LogP contribution in [0.3, 0.4) is 0 Å². The van der Waals surface area contributed by atoms with Crippen molar-refractivity contribution >= 4 is 45.5 Å². The van der Waals surface area contributed by atoms with Crippen LogP contribution in [0.4, 0.5) is 17.1 Å². The highest BCUT2D eigenvalue weighted by Crippen LogP contribution is 2.35. The number of hydrogen-bond donors (Lipinski definition) is 2. The van der Waals surface area contributed by atoms with E-state index in [1.54, 1.807) is 18.3 Å². The quantitative estimate of drug-likeness (QED) is 0.355. The summed E-state index contributed by atoms with van der Waals surface area (Å²) in [4.78, 5) is 20.3. The van der Waals surface area contributed by atoms with E-state index in [1.807, 2.05) is 44.2 Å². The van der Waals surface area contributed by atoms with Crippen molar-refractivity contribution in [3.63, 3.8) is 0 Å². The number of aryl methyl sites for hydroxylation is 2. The van der Waals surface area contributed by atoms with Crippen molar-refractivity contribution in [1.82, 2.24) is 9.97 Å². The summed E-state index contributed by atoms with van der Waals surface area (Å²) >= 11 is 6.49. The summed E-state index contributed by atoms with van der Waals surface area (Å²) in [5, 5.41) is 16.9. The van der Waals surface area contributed by atoms with Gasteiger partial charge in [0.1, 0.15) is 18.4 Å². The molecule has 2 heterocycles. The Bertz CT molecular complexity index is 1450. The predicted molar refractivity (Wildman–Crippen MR) is 134 cm³/mol. The maximum atomic E-state index is 11.6. The number of pyridine rings is 2. The highest BCUT2D eigenvalue weighted by atomic mass is 35.5. The van der Waals surface area contributed by atoms with Gasteiger partial charge in [-0.05, 0) is 61.4 Å². The SMILES string of the molecule is CC(=O)Nc1cc2c(Nc3ccc(OCc4ncccc4C)c(Cl)c3)c(C#N)cnc2cc1C. The number of fused-ring (bicyclic) bond motifs is 1. The minimum Gasteiger partial charge on any atom is -0.486 e. The maximum Gasteiger partial charge on any atom is 0.221 e. The molecule has 4 aromatic rings. The second-order valence-electron chi connectivity index (χ2n) is 7.85. The molecule has 2 N–H and O–H groups in total. The zero-order chi connectivity index (χ0) is 24.2. The number of nitriles is 1. The maximum absolute atomic E-state index is 11.6. The summed E-state index contributed by atoms with van der Waals surface area (Å²) in [5.74, 6) is 0.352. The van der Waals surface area contributed by atoms with Gasteiger partial charge in [-0.25, -0.2) is 0 Å². The van der Waals surface area contributed by atoms with E-state index in [0.717, 1.165) is 16.8 Å². The first-order chi connectivity index (χ1) is 16.4. The second-order valence-corrected chi connectivity index (χ2v) is 8.26. The van der Waals surface area contributed by atoms with E-state index in [-0.39, 0.29) is 5.91 Å². The van der Waals surface area contributed by atoms with Crippen LogP contribution in [-0.2, 0) is 11.4 Å². The van der Waals surface area contributed by atoms with Crippen molar-refractivity contribution in [2.45, 2.75) is 27.4 Å². The monoisotopic (exact) mass is 471 g/mol. The third-order valence-corrected chi connectivity index (χ3v) is 5.62. The molecule has 0 aliphatic carbocycles. The summed E-state index contributed by atoms with van der Waals surface area (Å²) in [6, 6.07) is 15.0. The first kappa shape index (κ1) is 23.0. The molecule has 2 aromatic carbocycles. The minimum absolute atomic E-state index is 0.176. The van der Waals surface area contributed by atoms with Crippen LogP contribution in [0.15, 0.2) is 54.9 Å². The molecule has 0 fully saturated rings. The first-order valence-electron chi connectivity index (χ1n) is 10.6. The molecule has 34 heavy (non-hydrogen) atoms. The molecule has 0 saturated heterocycles. The molecule has 0 aliphatic rings. The molecule has 0 radical (unpaired) electrons. The number of carbonyl (C=O) groups is 1. The van der Waals surface area contributed by atoms with E-state index in [0.29, 0.717) is 50.9 Å². The lowest BCUT2D eigenvalue weighted by molar-refractivity contribution is -0.114. The van der Waals surface area contributed by atoms with Gasteiger partial charge in [0.15, 0.2) is 0 Å². The van der Waals surface area contributed by atoms with E-state index in [4.69, 9.17) is 16.3 Å². The number of amides is 1. The van der Waals surface area contributed by atoms with E-state index in [2.05, 4.69) is 26.7 Å². The fourth-order valence-electron chi connectivity index (χ4n) is 3.54. The normalized spacial score (nSPS) is 10.6. The van der Waals surface area contributed by atoms with Gasteiger partial charge in [0.2, 0.25) is 5.91 Å². The smallest absolute Gasteiger partial charge is 0.221 e. The molecule has 0 unspecified atom stereocenters. The number of ether oxygens (including phenoxy) is 1. The Balaban J connectivity index is 1.65. The number of anilines is 3. The molecule has 0 saturated carbocycles. The highest BCUT2D eigenvalue weighted by Gasteiger charge is 2.14. The fourth-order valence-corrected chi connectivity index (χ4v) is 3.78. The van der Waals surface area contributed by atoms with Gasteiger partial charge in [0.05, 0.1) is 27.5 Å². The van der Waals surface area contributed by atoms with Crippen molar-refractivity contribution in [2.75, 3.05) is 10.6 Å². The summed E-state index contributed by atoms with van der Waals surface area (Å²) in [5.41, 5.74) is 5.74. The number of aromatic nitrogens is 2. The van der Waals surface area contributed by atoms with Gasteiger partial charge in [0, 0.05) is 36.1 Å². The largest absolute Gasteiger partial charge is 0.486 e. The van der Waals surface area contributed by atoms with Gasteiger partial charge in [-0.2, -0.15) is 5.26 Å². The molecular weight excluding hydrogens is 450 g/mol. The molecule has 0 atom stereocenters. The Morgan fingerprint density at radius 2 is 1.97 bits per heavy atom. The lowest BCUT2D eigenvalue weighted by Gasteiger charge is -2.15. The third kappa shape index (κ3) is 4.92. The molecule has 1 amide bonds. The number of halogens is 1. The Morgan fingerprint density at radius 1 is 1.15 bits per heavy atom. The van der Waals surface area contributed by atoms with Crippen LogP contribution in [-0.4, -0.2) is 15.9 Å². The average molecular weight is 472 g/mol. The minimum atomic E-state index is -0.176. The van der Waals surface area contributed by atoms with Crippen LogP contribution < -0.4 is 15.4 Å². The second kappa shape index (κ2) is 9.77. The van der Waals surface area contributed by atoms with E-state index in [9.17, 15) is 10.1 Å². The number of benzene rings is 2. The number of hydrogen-bond acceptors (Lipinski definition) is 6. The molecule has 8 heteroatoms. The Kier molecular flexibility index (Phi) is 6.62. The lowest BCUT2D eigenvalue weighted by atomic mass is 10.1. The molecule has 0 aliphatic heterocycles. The number of nitrogens with zero attached hydrogens (tertiary/aromatic N) is 3. The summed E-state index contributed by atoms with van der Waals surface area (Å²) in [7, 11) is 0. The van der Waals surface area contributed by atoms with Gasteiger partial charge in [-0.3, -0.25) is 14.8 Å². The zero-order valence-corrected chi connectivity index (χ0v) is 19.7. The van der Waals surface area contributed by atoms with Crippen molar-refractivity contribution < 1.29 is 9.53 Å². The average Bonchev–Trinajstić information content (AvgIpc) is 2.80. The van der Waals surface area contributed by atoms with Gasteiger partial charge >= 0.3 is 0 Å². The zero-order valence-electron chi connectivity index (χ0n) is 18.9. The Morgan fingerprint density at radius 3 is 2.68 bits per heavy atom. The van der Waals surface area contributed by atoms with Crippen LogP contribution >= 0.6 is 11.6 Å². The highest BCUT2D eigenvalue weighted by molar-refractivity contribution is 6.32. The molecule has 170 valence electrons. The molecular formula is C26H22ClN5O2. The van der Waals surface area contributed by atoms with Gasteiger partial charge in [0.25, 0.3) is 0 Å². The standard InChI is InChI=1S/C26H22ClN5O2/c1-15-5-4-8-29-24(15)14-34-25-7-6-19(10-21(25)27)32-26-18(12-28)13-30-23-9-16(2)22(11-20(23)26)31-17(3)33/h4-11,13H,14H2,1-3H3,(H,30,32)(H,31,33). The Labute approximate surface area is 202 Å². The van der Waals surface area contributed by atoms with Crippen LogP contribution in [0.1, 0.15) is 29.3 Å². The van der Waals surface area contributed by atoms with Crippen LogP contribution in [0, 0.1) is 25.2 Å². The lowest BCUT2D eigenvalue weighted by Crippen LogP contribution is -2.07. The number of carbonyl (C=O) groups excluding carboxylic acids is 1. The number of rotatable bonds is 6. The topological polar surface area (TPSA) is 99.9 Å². The van der Waals surface area contributed by atoms with Crippen LogP contribution in [0.5, 0.6) is 5.75 Å². The van der Waals surface area contributed by atoms with Crippen molar-refractivity contribution in [1.29, 1.82) is 5.26 Å². The number of nitrogens with one attached hydrogen (secondary N) is 2. The van der Waals surface area contributed by atoms with E-state index >= 15 is 0 Å². The summed E-state index contributed by atoms with van der Waals surface area (Å²) in [6.45, 7) is 5.62. The Hall–Kier alpha value is -4.15. The first-order valence-corrected chi connectivity index (χ1v) is 10.9. The van der Waals surface area contributed by atoms with Crippen molar-refractivity contribution in [3.8, 4) is 11.8 Å². The van der Waals surface area contributed by atoms with Crippen LogP contribution in [0.25, 0.3) is 10.9 Å². The molecule has 4 rings (SSSR count). The van der Waals surface area contributed by atoms with Crippen molar-refractivity contribution in [2.24, 2.45) is 0 Å². The van der Waals surface area contributed by atoms with Gasteiger partial charge in [-0.1, -0.05) is 17.7 Å². The molecule has 0 bridgehead atoms. The molecule has 7 nitrogen and oxygen atoms in total. The van der Waals surface area contributed by atoms with E-state index < -0.39 is 0 Å². The van der Waals surface area contributed by atoms with Gasteiger partial charge in [-0.15, -0.1) is 0 Å². The predicted octanol–water partition coefficient (Wildman–Crippen LogP) is 6.05. The molecule has 2 aromatic heterocycles. The van der Waals surface area contributed by atoms with E-state index in [1.165, 1.54) is 13.1 Å². The summed E-state index contributed by atoms with van der Waals surface area (Å²) in [6.07, 6.45) is 3.25. The third-order valence-electron chi connectivity index (χ3n) is 5.33. The fraction of sp³-hybridized carbons (Fsp3) is 0.154. The molecule has 0 spiro atoms.